The average Bonchev–Trinajstić information content (AvgIpc) is 3.12. The highest BCUT2D eigenvalue weighted by Gasteiger charge is 2.32. The number of rotatable bonds is 10. The summed E-state index contributed by atoms with van der Waals surface area (Å²) in [5.41, 5.74) is 4.03. The zero-order valence-electron chi connectivity index (χ0n) is 17.6. The monoisotopic (exact) mass is 462 g/mol. The Balaban J connectivity index is 1.64. The number of carboxylic acid groups (broad SMARTS) is 1. The van der Waals surface area contributed by atoms with Crippen LogP contribution in [0, 0.1) is 0 Å². The lowest BCUT2D eigenvalue weighted by molar-refractivity contribution is -0.137. The predicted molar refractivity (Wildman–Crippen MR) is 114 cm³/mol. The normalized spacial score (nSPS) is 13.5. The predicted octanol–water partition coefficient (Wildman–Crippen LogP) is 2.50. The highest BCUT2D eigenvalue weighted by molar-refractivity contribution is 5.86. The van der Waals surface area contributed by atoms with Gasteiger partial charge in [0.2, 0.25) is 5.91 Å². The van der Waals surface area contributed by atoms with Crippen molar-refractivity contribution in [2.75, 3.05) is 19.8 Å². The number of amides is 2. The molecule has 1 aliphatic carbocycles. The number of benzene rings is 2. The number of carbonyl (C=O) groups is 3. The van der Waals surface area contributed by atoms with E-state index in [0.717, 1.165) is 22.3 Å². The molecular formula is C23H24F2N2O6. The lowest BCUT2D eigenvalue weighted by Crippen LogP contribution is -2.50. The molecule has 2 aromatic carbocycles. The van der Waals surface area contributed by atoms with Crippen molar-refractivity contribution in [2.45, 2.75) is 30.7 Å². The molecule has 0 radical (unpaired) electrons. The maximum atomic E-state index is 13.2. The van der Waals surface area contributed by atoms with Crippen LogP contribution in [0.1, 0.15) is 29.9 Å². The first-order valence-electron chi connectivity index (χ1n) is 10.3. The molecule has 1 unspecified atom stereocenters. The summed E-state index contributed by atoms with van der Waals surface area (Å²) < 4.78 is 31.8. The number of ether oxygens (including phenoxy) is 1. The fourth-order valence-corrected chi connectivity index (χ4v) is 3.71. The molecule has 8 nitrogen and oxygen atoms in total. The number of fused-ring (bicyclic) bond motifs is 3. The largest absolute Gasteiger partial charge is 0.481 e. The highest BCUT2D eigenvalue weighted by Crippen LogP contribution is 2.44. The van der Waals surface area contributed by atoms with Crippen molar-refractivity contribution >= 4 is 18.0 Å². The summed E-state index contributed by atoms with van der Waals surface area (Å²) in [4.78, 5) is 35.5. The van der Waals surface area contributed by atoms with Crippen LogP contribution in [-0.4, -0.2) is 59.9 Å². The number of hydrogen-bond acceptors (Lipinski definition) is 5. The Morgan fingerprint density at radius 2 is 1.61 bits per heavy atom. The van der Waals surface area contributed by atoms with E-state index in [9.17, 15) is 23.2 Å². The van der Waals surface area contributed by atoms with Crippen molar-refractivity contribution in [1.82, 2.24) is 10.6 Å². The van der Waals surface area contributed by atoms with Crippen LogP contribution in [0.2, 0.25) is 0 Å². The molecule has 0 bridgehead atoms. The molecule has 0 saturated heterocycles. The summed E-state index contributed by atoms with van der Waals surface area (Å²) in [6.07, 6.45) is -1.77. The van der Waals surface area contributed by atoms with E-state index in [0.29, 0.717) is 0 Å². The van der Waals surface area contributed by atoms with Crippen molar-refractivity contribution in [3.63, 3.8) is 0 Å². The van der Waals surface area contributed by atoms with Crippen molar-refractivity contribution in [2.24, 2.45) is 0 Å². The first-order valence-corrected chi connectivity index (χ1v) is 10.3. The molecule has 33 heavy (non-hydrogen) atoms. The van der Waals surface area contributed by atoms with E-state index >= 15 is 0 Å². The number of aliphatic hydroxyl groups excluding tert-OH is 1. The summed E-state index contributed by atoms with van der Waals surface area (Å²) in [5, 5.41) is 21.7. The van der Waals surface area contributed by atoms with Crippen LogP contribution in [-0.2, 0) is 14.3 Å². The molecule has 1 aliphatic rings. The second-order valence-corrected chi connectivity index (χ2v) is 7.69. The molecular weight excluding hydrogens is 438 g/mol. The van der Waals surface area contributed by atoms with Gasteiger partial charge in [-0.1, -0.05) is 48.5 Å². The molecule has 3 rings (SSSR count). The summed E-state index contributed by atoms with van der Waals surface area (Å²) in [5.74, 6) is -5.99. The second kappa shape index (κ2) is 10.4. The number of carbonyl (C=O) groups excluding carboxylic acids is 2. The van der Waals surface area contributed by atoms with E-state index in [1.54, 1.807) is 0 Å². The zero-order valence-corrected chi connectivity index (χ0v) is 17.6. The van der Waals surface area contributed by atoms with Crippen LogP contribution in [0.4, 0.5) is 13.6 Å². The molecule has 176 valence electrons. The van der Waals surface area contributed by atoms with E-state index in [2.05, 4.69) is 5.32 Å². The summed E-state index contributed by atoms with van der Waals surface area (Å²) in [6.45, 7) is -2.65. The molecule has 0 heterocycles. The molecule has 0 aliphatic heterocycles. The second-order valence-electron chi connectivity index (χ2n) is 7.69. The quantitative estimate of drug-likeness (QED) is 0.430. The van der Waals surface area contributed by atoms with Gasteiger partial charge in [0.15, 0.2) is 0 Å². The molecule has 1 atom stereocenters. The molecule has 0 saturated carbocycles. The van der Waals surface area contributed by atoms with Gasteiger partial charge in [-0.05, 0) is 28.7 Å². The lowest BCUT2D eigenvalue weighted by atomic mass is 9.98. The number of carboxylic acids is 1. The first-order chi connectivity index (χ1) is 15.7. The topological polar surface area (TPSA) is 125 Å². The standard InChI is InChI=1S/C23H24F2N2O6/c24-23(25,13-28)12-26-21(31)19(9-10-20(29)30)27-22(32)33-11-18-16-7-3-1-5-14(16)15-6-2-4-8-17(15)18/h1-8,18-19,28H,9-13H2,(H,26,31)(H,27,32)(H,29,30). The van der Waals surface area contributed by atoms with Crippen LogP contribution in [0.5, 0.6) is 0 Å². The van der Waals surface area contributed by atoms with Gasteiger partial charge in [0.05, 0.1) is 6.54 Å². The van der Waals surface area contributed by atoms with Crippen molar-refractivity contribution < 1.29 is 38.1 Å². The minimum atomic E-state index is -3.54. The summed E-state index contributed by atoms with van der Waals surface area (Å²) in [7, 11) is 0. The minimum absolute atomic E-state index is 0.0320. The van der Waals surface area contributed by atoms with Crippen molar-refractivity contribution in [3.05, 3.63) is 59.7 Å². The van der Waals surface area contributed by atoms with E-state index < -0.39 is 49.5 Å². The number of hydrogen-bond donors (Lipinski definition) is 4. The number of aliphatic hydroxyl groups is 1. The summed E-state index contributed by atoms with van der Waals surface area (Å²) in [6, 6.07) is 14.0. The van der Waals surface area contributed by atoms with Gasteiger partial charge in [-0.3, -0.25) is 9.59 Å². The van der Waals surface area contributed by atoms with E-state index in [4.69, 9.17) is 14.9 Å². The number of alkyl halides is 2. The molecule has 2 amide bonds. The first kappa shape index (κ1) is 24.1. The van der Waals surface area contributed by atoms with Gasteiger partial charge in [-0.2, -0.15) is 0 Å². The van der Waals surface area contributed by atoms with Gasteiger partial charge in [-0.15, -0.1) is 0 Å². The van der Waals surface area contributed by atoms with Gasteiger partial charge < -0.3 is 25.6 Å². The van der Waals surface area contributed by atoms with Gasteiger partial charge in [-0.25, -0.2) is 13.6 Å². The Bertz CT molecular complexity index is 984. The number of halogens is 2. The Labute approximate surface area is 188 Å². The number of nitrogens with one attached hydrogen (secondary N) is 2. The summed E-state index contributed by atoms with van der Waals surface area (Å²) >= 11 is 0. The smallest absolute Gasteiger partial charge is 0.407 e. The molecule has 2 aromatic rings. The van der Waals surface area contributed by atoms with Crippen LogP contribution >= 0.6 is 0 Å². The van der Waals surface area contributed by atoms with Crippen LogP contribution < -0.4 is 10.6 Å². The Morgan fingerprint density at radius 3 is 2.15 bits per heavy atom. The third-order valence-corrected chi connectivity index (χ3v) is 5.35. The highest BCUT2D eigenvalue weighted by atomic mass is 19.3. The van der Waals surface area contributed by atoms with E-state index in [-0.39, 0.29) is 18.9 Å². The maximum absolute atomic E-state index is 13.2. The van der Waals surface area contributed by atoms with Gasteiger partial charge in [0.1, 0.15) is 19.3 Å². The van der Waals surface area contributed by atoms with E-state index in [1.807, 2.05) is 53.8 Å². The van der Waals surface area contributed by atoms with Crippen LogP contribution in [0.25, 0.3) is 11.1 Å². The number of alkyl carbamates (subject to hydrolysis) is 1. The third kappa shape index (κ3) is 6.04. The third-order valence-electron chi connectivity index (χ3n) is 5.35. The fraction of sp³-hybridized carbons (Fsp3) is 0.348. The van der Waals surface area contributed by atoms with Gasteiger partial charge in [0.25, 0.3) is 5.92 Å². The van der Waals surface area contributed by atoms with Crippen molar-refractivity contribution in [3.8, 4) is 11.1 Å². The molecule has 0 aromatic heterocycles. The minimum Gasteiger partial charge on any atom is -0.481 e. The zero-order chi connectivity index (χ0) is 24.0. The van der Waals surface area contributed by atoms with E-state index in [1.165, 1.54) is 0 Å². The average molecular weight is 462 g/mol. The van der Waals surface area contributed by atoms with Crippen LogP contribution in [0.15, 0.2) is 48.5 Å². The number of aliphatic carboxylic acids is 1. The SMILES string of the molecule is O=C(O)CCC(NC(=O)OCC1c2ccccc2-c2ccccc21)C(=O)NCC(F)(F)CO. The Kier molecular flexibility index (Phi) is 7.59. The van der Waals surface area contributed by atoms with Crippen LogP contribution in [0.3, 0.4) is 0 Å². The molecule has 0 spiro atoms. The Hall–Kier alpha value is -3.53. The lowest BCUT2D eigenvalue weighted by Gasteiger charge is -2.21. The fourth-order valence-electron chi connectivity index (χ4n) is 3.71. The molecule has 10 heteroatoms. The van der Waals surface area contributed by atoms with Crippen molar-refractivity contribution in [1.29, 1.82) is 0 Å². The maximum Gasteiger partial charge on any atom is 0.407 e. The van der Waals surface area contributed by atoms with Gasteiger partial charge >= 0.3 is 12.1 Å². The van der Waals surface area contributed by atoms with Gasteiger partial charge in [0, 0.05) is 12.3 Å². The molecule has 0 fully saturated rings. The molecule has 4 N–H and O–H groups in total. The Morgan fingerprint density at radius 1 is 1.03 bits per heavy atom.